The Hall–Kier alpha value is -2.80. The molecule has 0 aliphatic rings. The van der Waals surface area contributed by atoms with E-state index < -0.39 is 18.1 Å². The standard InChI is InChI=1S/C18H15BrN2O4/c19-12-6-7-13-14(9-20-15(13)8-12)16(17(22)23)21-18(24)25-10-11-4-2-1-3-5-11/h1-9,16,20H,10H2,(H,21,24)(H,22,23)/t16-/m1/s1. The molecule has 0 saturated carbocycles. The first-order valence-electron chi connectivity index (χ1n) is 7.51. The molecule has 3 aromatic rings. The number of alkyl carbamates (subject to hydrolysis) is 1. The summed E-state index contributed by atoms with van der Waals surface area (Å²) in [6.07, 6.45) is 0.788. The highest BCUT2D eigenvalue weighted by molar-refractivity contribution is 9.10. The van der Waals surface area contributed by atoms with Crippen LogP contribution in [0.3, 0.4) is 0 Å². The number of hydrogen-bond acceptors (Lipinski definition) is 3. The van der Waals surface area contributed by atoms with Gasteiger partial charge in [0.25, 0.3) is 0 Å². The van der Waals surface area contributed by atoms with E-state index in [0.717, 1.165) is 20.9 Å². The molecule has 1 aromatic heterocycles. The zero-order chi connectivity index (χ0) is 17.8. The lowest BCUT2D eigenvalue weighted by molar-refractivity contribution is -0.139. The molecule has 2 aromatic carbocycles. The highest BCUT2D eigenvalue weighted by Crippen LogP contribution is 2.27. The Morgan fingerprint density at radius 1 is 1.20 bits per heavy atom. The Bertz CT molecular complexity index is 908. The van der Waals surface area contributed by atoms with Gasteiger partial charge in [0.1, 0.15) is 6.61 Å². The highest BCUT2D eigenvalue weighted by atomic mass is 79.9. The van der Waals surface area contributed by atoms with Gasteiger partial charge in [-0.25, -0.2) is 9.59 Å². The predicted octanol–water partition coefficient (Wildman–Crippen LogP) is 3.98. The molecule has 0 radical (unpaired) electrons. The fourth-order valence-corrected chi connectivity index (χ4v) is 2.88. The molecule has 0 bridgehead atoms. The molecule has 0 aliphatic carbocycles. The summed E-state index contributed by atoms with van der Waals surface area (Å²) in [4.78, 5) is 26.6. The number of aliphatic carboxylic acids is 1. The number of fused-ring (bicyclic) bond motifs is 1. The number of rotatable bonds is 5. The first-order valence-corrected chi connectivity index (χ1v) is 8.30. The number of carbonyl (C=O) groups is 2. The number of carboxylic acids is 1. The van der Waals surface area contributed by atoms with E-state index in [-0.39, 0.29) is 6.61 Å². The number of aromatic amines is 1. The fraction of sp³-hybridized carbons (Fsp3) is 0.111. The number of amides is 1. The van der Waals surface area contributed by atoms with Gasteiger partial charge in [-0.2, -0.15) is 0 Å². The van der Waals surface area contributed by atoms with Crippen LogP contribution < -0.4 is 5.32 Å². The van der Waals surface area contributed by atoms with Crippen molar-refractivity contribution in [2.24, 2.45) is 0 Å². The van der Waals surface area contributed by atoms with Gasteiger partial charge in [-0.05, 0) is 17.7 Å². The van der Waals surface area contributed by atoms with Crippen molar-refractivity contribution in [3.05, 3.63) is 70.3 Å². The Morgan fingerprint density at radius 2 is 1.96 bits per heavy atom. The van der Waals surface area contributed by atoms with E-state index in [1.807, 2.05) is 42.5 Å². The molecule has 3 rings (SSSR count). The number of aromatic nitrogens is 1. The molecule has 0 aliphatic heterocycles. The van der Waals surface area contributed by atoms with Crippen LogP contribution in [-0.4, -0.2) is 22.2 Å². The molecule has 0 fully saturated rings. The largest absolute Gasteiger partial charge is 0.479 e. The first kappa shape index (κ1) is 17.0. The highest BCUT2D eigenvalue weighted by Gasteiger charge is 2.25. The minimum atomic E-state index is -1.21. The Labute approximate surface area is 151 Å². The molecule has 1 atom stereocenters. The summed E-state index contributed by atoms with van der Waals surface area (Å²) in [5.41, 5.74) is 2.06. The molecule has 0 saturated heterocycles. The van der Waals surface area contributed by atoms with Crippen molar-refractivity contribution >= 4 is 38.9 Å². The van der Waals surface area contributed by atoms with Crippen molar-refractivity contribution in [2.45, 2.75) is 12.6 Å². The van der Waals surface area contributed by atoms with Crippen molar-refractivity contribution in [3.63, 3.8) is 0 Å². The van der Waals surface area contributed by atoms with E-state index in [2.05, 4.69) is 26.2 Å². The molecule has 0 spiro atoms. The van der Waals surface area contributed by atoms with Gasteiger partial charge in [-0.15, -0.1) is 0 Å². The maximum absolute atomic E-state index is 12.0. The van der Waals surface area contributed by atoms with Crippen LogP contribution in [0.1, 0.15) is 17.2 Å². The molecular formula is C18H15BrN2O4. The topological polar surface area (TPSA) is 91.4 Å². The lowest BCUT2D eigenvalue weighted by atomic mass is 10.1. The second-order valence-electron chi connectivity index (χ2n) is 5.41. The van der Waals surface area contributed by atoms with Crippen molar-refractivity contribution in [1.82, 2.24) is 10.3 Å². The third-order valence-electron chi connectivity index (χ3n) is 3.71. The van der Waals surface area contributed by atoms with Gasteiger partial charge in [0, 0.05) is 27.1 Å². The van der Waals surface area contributed by atoms with Gasteiger partial charge in [-0.3, -0.25) is 0 Å². The third-order valence-corrected chi connectivity index (χ3v) is 4.20. The molecule has 6 nitrogen and oxygen atoms in total. The Balaban J connectivity index is 1.74. The maximum atomic E-state index is 12.0. The average Bonchev–Trinajstić information content (AvgIpc) is 3.01. The molecule has 1 heterocycles. The first-order chi connectivity index (χ1) is 12.0. The van der Waals surface area contributed by atoms with Crippen LogP contribution in [0.4, 0.5) is 4.79 Å². The van der Waals surface area contributed by atoms with Gasteiger partial charge >= 0.3 is 12.1 Å². The van der Waals surface area contributed by atoms with Gasteiger partial charge in [-0.1, -0.05) is 52.3 Å². The quantitative estimate of drug-likeness (QED) is 0.601. The van der Waals surface area contributed by atoms with E-state index in [0.29, 0.717) is 5.56 Å². The molecule has 25 heavy (non-hydrogen) atoms. The predicted molar refractivity (Wildman–Crippen MR) is 96.1 cm³/mol. The molecular weight excluding hydrogens is 388 g/mol. The van der Waals surface area contributed by atoms with E-state index in [1.165, 1.54) is 0 Å². The number of carbonyl (C=O) groups excluding carboxylic acids is 1. The van der Waals surface area contributed by atoms with Crippen LogP contribution in [0.25, 0.3) is 10.9 Å². The Morgan fingerprint density at radius 3 is 2.68 bits per heavy atom. The van der Waals surface area contributed by atoms with Gasteiger partial charge < -0.3 is 20.1 Å². The summed E-state index contributed by atoms with van der Waals surface area (Å²) in [5.74, 6) is -1.17. The van der Waals surface area contributed by atoms with Gasteiger partial charge in [0.05, 0.1) is 0 Å². The molecule has 128 valence electrons. The van der Waals surface area contributed by atoms with E-state index in [1.54, 1.807) is 12.3 Å². The van der Waals surface area contributed by atoms with E-state index >= 15 is 0 Å². The van der Waals surface area contributed by atoms with Crippen molar-refractivity contribution in [2.75, 3.05) is 0 Å². The van der Waals surface area contributed by atoms with Crippen LogP contribution in [0.5, 0.6) is 0 Å². The molecule has 7 heteroatoms. The summed E-state index contributed by atoms with van der Waals surface area (Å²) in [6.45, 7) is 0.0693. The van der Waals surface area contributed by atoms with Crippen LogP contribution in [0.2, 0.25) is 0 Å². The van der Waals surface area contributed by atoms with Crippen LogP contribution >= 0.6 is 15.9 Å². The molecule has 1 amide bonds. The summed E-state index contributed by atoms with van der Waals surface area (Å²) >= 11 is 3.36. The number of benzene rings is 2. The average molecular weight is 403 g/mol. The van der Waals surface area contributed by atoms with E-state index in [9.17, 15) is 14.7 Å². The summed E-state index contributed by atoms with van der Waals surface area (Å²) in [5, 5.41) is 12.6. The number of halogens is 1. The van der Waals surface area contributed by atoms with Gasteiger partial charge in [0.15, 0.2) is 6.04 Å². The fourth-order valence-electron chi connectivity index (χ4n) is 2.51. The summed E-state index contributed by atoms with van der Waals surface area (Å²) < 4.78 is 5.98. The second-order valence-corrected chi connectivity index (χ2v) is 6.33. The SMILES string of the molecule is O=C(N[C@@H](C(=O)O)c1c[nH]c2cc(Br)ccc12)OCc1ccccc1. The minimum absolute atomic E-state index is 0.0693. The lowest BCUT2D eigenvalue weighted by Crippen LogP contribution is -2.34. The monoisotopic (exact) mass is 402 g/mol. The number of hydrogen-bond donors (Lipinski definition) is 3. The van der Waals surface area contributed by atoms with E-state index in [4.69, 9.17) is 4.74 Å². The van der Waals surface area contributed by atoms with Crippen LogP contribution in [-0.2, 0) is 16.1 Å². The Kier molecular flexibility index (Phi) is 5.04. The van der Waals surface area contributed by atoms with Crippen LogP contribution in [0, 0.1) is 0 Å². The second kappa shape index (κ2) is 7.40. The number of ether oxygens (including phenoxy) is 1. The summed E-state index contributed by atoms with van der Waals surface area (Å²) in [6, 6.07) is 13.4. The van der Waals surface area contributed by atoms with Gasteiger partial charge in [0.2, 0.25) is 0 Å². The summed E-state index contributed by atoms with van der Waals surface area (Å²) in [7, 11) is 0. The zero-order valence-electron chi connectivity index (χ0n) is 13.0. The zero-order valence-corrected chi connectivity index (χ0v) is 14.6. The maximum Gasteiger partial charge on any atom is 0.408 e. The number of H-pyrrole nitrogens is 1. The normalized spacial score (nSPS) is 11.9. The number of carboxylic acid groups (broad SMARTS) is 1. The number of nitrogens with one attached hydrogen (secondary N) is 2. The smallest absolute Gasteiger partial charge is 0.408 e. The van der Waals surface area contributed by atoms with Crippen molar-refractivity contribution in [1.29, 1.82) is 0 Å². The van der Waals surface area contributed by atoms with Crippen molar-refractivity contribution in [3.8, 4) is 0 Å². The third kappa shape index (κ3) is 4.00. The molecule has 3 N–H and O–H groups in total. The van der Waals surface area contributed by atoms with Crippen LogP contribution in [0.15, 0.2) is 59.2 Å². The lowest BCUT2D eigenvalue weighted by Gasteiger charge is -2.14. The molecule has 0 unspecified atom stereocenters. The van der Waals surface area contributed by atoms with Crippen molar-refractivity contribution < 1.29 is 19.4 Å². The minimum Gasteiger partial charge on any atom is -0.479 e.